The van der Waals surface area contributed by atoms with Gasteiger partial charge in [-0.1, -0.05) is 11.3 Å². The molecule has 0 radical (unpaired) electrons. The van der Waals surface area contributed by atoms with Crippen LogP contribution in [-0.2, 0) is 25.6 Å². The molecule has 166 valence electrons. The van der Waals surface area contributed by atoms with Gasteiger partial charge in [0.05, 0.1) is 25.5 Å². The number of hydrogen-bond donors (Lipinski definition) is 1. The molecule has 1 aromatic carbocycles. The van der Waals surface area contributed by atoms with E-state index in [4.69, 9.17) is 4.74 Å². The first kappa shape index (κ1) is 22.3. The Hall–Kier alpha value is -3.43. The number of carbonyl (C=O) groups is 3. The fourth-order valence-corrected chi connectivity index (χ4v) is 3.74. The third kappa shape index (κ3) is 5.01. The van der Waals surface area contributed by atoms with Crippen LogP contribution in [0.4, 0.5) is 10.5 Å². The maximum atomic E-state index is 12.3. The summed E-state index contributed by atoms with van der Waals surface area (Å²) < 4.78 is 11.3. The number of benzene rings is 1. The molecule has 10 heteroatoms. The predicted octanol–water partition coefficient (Wildman–Crippen LogP) is 2.44. The second-order valence-electron chi connectivity index (χ2n) is 7.78. The highest BCUT2D eigenvalue weighted by Crippen LogP contribution is 2.39. The van der Waals surface area contributed by atoms with E-state index in [0.29, 0.717) is 12.1 Å². The van der Waals surface area contributed by atoms with Crippen molar-refractivity contribution in [2.75, 3.05) is 12.0 Å². The lowest BCUT2D eigenvalue weighted by Crippen LogP contribution is -2.45. The largest absolute Gasteiger partial charge is 0.468 e. The summed E-state index contributed by atoms with van der Waals surface area (Å²) in [7, 11) is 1.31. The summed E-state index contributed by atoms with van der Waals surface area (Å²) in [4.78, 5) is 37.7. The topological polar surface area (TPSA) is 116 Å². The molecule has 31 heavy (non-hydrogen) atoms. The molecule has 0 saturated carbocycles. The minimum atomic E-state index is -0.510. The zero-order valence-corrected chi connectivity index (χ0v) is 18.3. The van der Waals surface area contributed by atoms with E-state index in [1.807, 2.05) is 25.1 Å². The van der Waals surface area contributed by atoms with Gasteiger partial charge in [-0.3, -0.25) is 9.59 Å². The van der Waals surface area contributed by atoms with Crippen molar-refractivity contribution < 1.29 is 23.9 Å². The van der Waals surface area contributed by atoms with E-state index in [0.717, 1.165) is 16.8 Å². The van der Waals surface area contributed by atoms with E-state index in [9.17, 15) is 14.4 Å². The van der Waals surface area contributed by atoms with Crippen LogP contribution in [0, 0.1) is 0 Å². The summed E-state index contributed by atoms with van der Waals surface area (Å²) >= 11 is 0. The predicted molar refractivity (Wildman–Crippen MR) is 112 cm³/mol. The lowest BCUT2D eigenvalue weighted by atomic mass is 9.90. The van der Waals surface area contributed by atoms with Gasteiger partial charge in [0.2, 0.25) is 5.91 Å². The van der Waals surface area contributed by atoms with E-state index in [1.54, 1.807) is 24.9 Å². The van der Waals surface area contributed by atoms with Crippen LogP contribution in [-0.4, -0.2) is 52.2 Å². The third-order valence-electron chi connectivity index (χ3n) is 5.01. The second-order valence-corrected chi connectivity index (χ2v) is 7.78. The number of anilines is 1. The molecule has 0 aliphatic carbocycles. The summed E-state index contributed by atoms with van der Waals surface area (Å²) in [5, 5.41) is 11.0. The first-order chi connectivity index (χ1) is 14.7. The van der Waals surface area contributed by atoms with E-state index in [-0.39, 0.29) is 30.6 Å². The molecule has 0 fully saturated rings. The smallest absolute Gasteiger partial charge is 0.407 e. The molecule has 2 atom stereocenters. The van der Waals surface area contributed by atoms with Gasteiger partial charge in [0, 0.05) is 24.2 Å². The highest BCUT2D eigenvalue weighted by Gasteiger charge is 2.34. The van der Waals surface area contributed by atoms with Crippen LogP contribution in [0.5, 0.6) is 0 Å². The number of methoxy groups -OCH3 is 1. The number of alkyl carbamates (subject to hydrolysis) is 1. The number of esters is 1. The first-order valence-corrected chi connectivity index (χ1v) is 10.1. The van der Waals surface area contributed by atoms with Gasteiger partial charge >= 0.3 is 12.1 Å². The molecular weight excluding hydrogens is 402 g/mol. The van der Waals surface area contributed by atoms with Gasteiger partial charge in [0.1, 0.15) is 12.2 Å². The van der Waals surface area contributed by atoms with Gasteiger partial charge in [-0.25, -0.2) is 9.48 Å². The Morgan fingerprint density at radius 1 is 1.29 bits per heavy atom. The number of hydrogen-bond acceptors (Lipinski definition) is 7. The molecule has 2 amide bonds. The lowest BCUT2D eigenvalue weighted by Gasteiger charge is -2.39. The van der Waals surface area contributed by atoms with Crippen LogP contribution in [0.15, 0.2) is 24.4 Å². The molecule has 2 heterocycles. The highest BCUT2D eigenvalue weighted by atomic mass is 16.6. The normalized spacial score (nSPS) is 17.8. The van der Waals surface area contributed by atoms with Gasteiger partial charge < -0.3 is 19.7 Å². The highest BCUT2D eigenvalue weighted by molar-refractivity contribution is 5.94. The van der Waals surface area contributed by atoms with E-state index in [2.05, 4.69) is 20.4 Å². The van der Waals surface area contributed by atoms with Crippen molar-refractivity contribution in [1.82, 2.24) is 20.3 Å². The van der Waals surface area contributed by atoms with E-state index in [1.165, 1.54) is 18.7 Å². The molecule has 1 aliphatic heterocycles. The third-order valence-corrected chi connectivity index (χ3v) is 5.01. The molecule has 1 aliphatic rings. The van der Waals surface area contributed by atoms with Crippen molar-refractivity contribution in [3.05, 3.63) is 30.0 Å². The monoisotopic (exact) mass is 429 g/mol. The Balaban J connectivity index is 1.96. The zero-order valence-electron chi connectivity index (χ0n) is 18.3. The van der Waals surface area contributed by atoms with Crippen LogP contribution in [0.3, 0.4) is 0 Å². The molecule has 2 aromatic rings. The van der Waals surface area contributed by atoms with Gasteiger partial charge in [-0.05, 0) is 44.9 Å². The van der Waals surface area contributed by atoms with Crippen molar-refractivity contribution in [1.29, 1.82) is 0 Å². The minimum Gasteiger partial charge on any atom is -0.468 e. The van der Waals surface area contributed by atoms with E-state index >= 15 is 0 Å². The van der Waals surface area contributed by atoms with Crippen molar-refractivity contribution >= 4 is 23.7 Å². The molecule has 3 rings (SSSR count). The van der Waals surface area contributed by atoms with Crippen LogP contribution in [0.1, 0.15) is 45.7 Å². The molecule has 2 unspecified atom stereocenters. The van der Waals surface area contributed by atoms with Gasteiger partial charge in [-0.2, -0.15) is 0 Å². The van der Waals surface area contributed by atoms with Crippen molar-refractivity contribution in [3.8, 4) is 11.3 Å². The summed E-state index contributed by atoms with van der Waals surface area (Å²) in [5.41, 5.74) is 2.82. The number of amides is 2. The lowest BCUT2D eigenvalue weighted by molar-refractivity contribution is -0.141. The Labute approximate surface area is 180 Å². The molecule has 1 aromatic heterocycles. The number of nitrogens with zero attached hydrogens (tertiary/aromatic N) is 4. The zero-order chi connectivity index (χ0) is 22.7. The molecule has 0 spiro atoms. The Kier molecular flexibility index (Phi) is 6.57. The number of fused-ring (bicyclic) bond motifs is 1. The van der Waals surface area contributed by atoms with Crippen LogP contribution in [0.25, 0.3) is 11.3 Å². The van der Waals surface area contributed by atoms with Crippen LogP contribution < -0.4 is 10.2 Å². The summed E-state index contributed by atoms with van der Waals surface area (Å²) in [6.45, 7) is 6.98. The summed E-state index contributed by atoms with van der Waals surface area (Å²) in [6, 6.07) is 5.12. The first-order valence-electron chi connectivity index (χ1n) is 10.1. The van der Waals surface area contributed by atoms with Gasteiger partial charge in [-0.15, -0.1) is 5.10 Å². The van der Waals surface area contributed by atoms with Crippen molar-refractivity contribution in [2.45, 2.75) is 58.8 Å². The SMILES string of the molecule is COC(=O)Cn1cc(-c2ccc3c(c2)C(NC(=O)OC(C)C)CC(C)N3C(C)=O)nn1. The van der Waals surface area contributed by atoms with Crippen molar-refractivity contribution in [2.24, 2.45) is 0 Å². The Morgan fingerprint density at radius 3 is 2.68 bits per heavy atom. The molecule has 10 nitrogen and oxygen atoms in total. The van der Waals surface area contributed by atoms with Gasteiger partial charge in [0.25, 0.3) is 0 Å². The minimum absolute atomic E-state index is 0.0463. The average molecular weight is 429 g/mol. The number of ether oxygens (including phenoxy) is 2. The fourth-order valence-electron chi connectivity index (χ4n) is 3.74. The Bertz CT molecular complexity index is 986. The summed E-state index contributed by atoms with van der Waals surface area (Å²) in [5.74, 6) is -0.505. The maximum absolute atomic E-state index is 12.3. The number of nitrogens with one attached hydrogen (secondary N) is 1. The molecule has 0 bridgehead atoms. The van der Waals surface area contributed by atoms with Crippen LogP contribution >= 0.6 is 0 Å². The number of carbonyl (C=O) groups excluding carboxylic acids is 3. The quantitative estimate of drug-likeness (QED) is 0.726. The maximum Gasteiger partial charge on any atom is 0.407 e. The fraction of sp³-hybridized carbons (Fsp3) is 0.476. The number of rotatable bonds is 5. The standard InChI is InChI=1S/C21H27N5O5/c1-12(2)31-21(29)22-17-8-13(3)26(14(4)27)19-7-6-15(9-16(17)19)18-10-25(24-23-18)11-20(28)30-5/h6-7,9-10,12-13,17H,8,11H2,1-5H3,(H,22,29). The molecule has 1 N–H and O–H groups in total. The Morgan fingerprint density at radius 2 is 2.03 bits per heavy atom. The second kappa shape index (κ2) is 9.15. The van der Waals surface area contributed by atoms with Crippen LogP contribution in [0.2, 0.25) is 0 Å². The molecular formula is C21H27N5O5. The molecule has 0 saturated heterocycles. The number of aromatic nitrogens is 3. The summed E-state index contributed by atoms with van der Waals surface area (Å²) in [6.07, 6.45) is 1.43. The van der Waals surface area contributed by atoms with Crippen molar-refractivity contribution in [3.63, 3.8) is 0 Å². The average Bonchev–Trinajstić information content (AvgIpc) is 3.15. The van der Waals surface area contributed by atoms with Gasteiger partial charge in [0.15, 0.2) is 0 Å². The van der Waals surface area contributed by atoms with E-state index < -0.39 is 12.1 Å².